The summed E-state index contributed by atoms with van der Waals surface area (Å²) in [5.74, 6) is -2.28. The van der Waals surface area contributed by atoms with Gasteiger partial charge in [-0.25, -0.2) is 4.79 Å². The molecule has 0 saturated carbocycles. The fraction of sp³-hybridized carbons (Fsp3) is 0.393. The maximum Gasteiger partial charge on any atom is 0.407 e. The number of ether oxygens (including phenoxy) is 1. The molecule has 0 aromatic heterocycles. The summed E-state index contributed by atoms with van der Waals surface area (Å²) in [7, 11) is 0. The maximum atomic E-state index is 13.0. The molecule has 0 fully saturated rings. The third-order valence-corrected chi connectivity index (χ3v) is 6.98. The van der Waals surface area contributed by atoms with E-state index in [0.717, 1.165) is 22.3 Å². The van der Waals surface area contributed by atoms with E-state index in [1.54, 1.807) is 19.1 Å². The second-order valence-corrected chi connectivity index (χ2v) is 9.71. The molecule has 184 valence electrons. The molecule has 2 aliphatic carbocycles. The fourth-order valence-electron chi connectivity index (χ4n) is 5.29. The van der Waals surface area contributed by atoms with Crippen LogP contribution in [-0.4, -0.2) is 41.8 Å². The van der Waals surface area contributed by atoms with Gasteiger partial charge in [-0.05, 0) is 41.5 Å². The Hall–Kier alpha value is -3.61. The summed E-state index contributed by atoms with van der Waals surface area (Å²) in [4.78, 5) is 36.9. The van der Waals surface area contributed by atoms with Crippen LogP contribution in [-0.2, 0) is 14.3 Å². The summed E-state index contributed by atoms with van der Waals surface area (Å²) in [5.41, 5.74) is 4.60. The van der Waals surface area contributed by atoms with Crippen molar-refractivity contribution in [2.24, 2.45) is 17.8 Å². The highest BCUT2D eigenvalue weighted by Gasteiger charge is 2.34. The van der Waals surface area contributed by atoms with E-state index in [1.165, 1.54) is 0 Å². The van der Waals surface area contributed by atoms with Crippen molar-refractivity contribution in [2.75, 3.05) is 6.61 Å². The topological polar surface area (TPSA) is 105 Å². The molecule has 4 atom stereocenters. The summed E-state index contributed by atoms with van der Waals surface area (Å²) in [6.45, 7) is 5.83. The van der Waals surface area contributed by atoms with E-state index in [0.29, 0.717) is 6.42 Å². The van der Waals surface area contributed by atoms with Crippen LogP contribution in [0.5, 0.6) is 0 Å². The van der Waals surface area contributed by atoms with Crippen molar-refractivity contribution in [1.29, 1.82) is 0 Å². The number of carboxylic acids is 1. The van der Waals surface area contributed by atoms with Crippen molar-refractivity contribution < 1.29 is 24.2 Å². The molecule has 0 saturated heterocycles. The number of carbonyl (C=O) groups is 3. The van der Waals surface area contributed by atoms with Crippen LogP contribution < -0.4 is 10.6 Å². The van der Waals surface area contributed by atoms with E-state index < -0.39 is 29.9 Å². The van der Waals surface area contributed by atoms with Crippen molar-refractivity contribution in [3.8, 4) is 11.1 Å². The summed E-state index contributed by atoms with van der Waals surface area (Å²) in [6.07, 6.45) is 3.10. The third-order valence-electron chi connectivity index (χ3n) is 6.98. The molecule has 4 unspecified atom stereocenters. The quantitative estimate of drug-likeness (QED) is 0.492. The van der Waals surface area contributed by atoms with Gasteiger partial charge in [0.15, 0.2) is 0 Å². The molecule has 0 radical (unpaired) electrons. The molecule has 3 N–H and O–H groups in total. The number of carboxylic acid groups (broad SMARTS) is 1. The number of fused-ring (bicyclic) bond motifs is 3. The van der Waals surface area contributed by atoms with Gasteiger partial charge in [0, 0.05) is 18.0 Å². The van der Waals surface area contributed by atoms with Gasteiger partial charge >= 0.3 is 12.1 Å². The Kier molecular flexibility index (Phi) is 7.24. The highest BCUT2D eigenvalue weighted by atomic mass is 16.5. The van der Waals surface area contributed by atoms with Gasteiger partial charge in [0.05, 0.1) is 11.8 Å². The monoisotopic (exact) mass is 476 g/mol. The molecule has 2 aromatic rings. The average Bonchev–Trinajstić information content (AvgIpc) is 3.40. The molecule has 0 aliphatic heterocycles. The average molecular weight is 477 g/mol. The molecule has 7 nitrogen and oxygen atoms in total. The van der Waals surface area contributed by atoms with E-state index in [-0.39, 0.29) is 30.4 Å². The molecule has 35 heavy (non-hydrogen) atoms. The zero-order valence-corrected chi connectivity index (χ0v) is 20.2. The number of aliphatic carboxylic acids is 1. The predicted octanol–water partition coefficient (Wildman–Crippen LogP) is 4.33. The van der Waals surface area contributed by atoms with Gasteiger partial charge < -0.3 is 20.5 Å². The summed E-state index contributed by atoms with van der Waals surface area (Å²) in [6, 6.07) is 15.5. The Balaban J connectivity index is 1.35. The molecule has 4 rings (SSSR count). The van der Waals surface area contributed by atoms with Crippen LogP contribution in [0.1, 0.15) is 44.2 Å². The van der Waals surface area contributed by atoms with Gasteiger partial charge in [0.1, 0.15) is 6.61 Å². The maximum absolute atomic E-state index is 13.0. The van der Waals surface area contributed by atoms with E-state index in [9.17, 15) is 14.4 Å². The Labute approximate surface area is 205 Å². The van der Waals surface area contributed by atoms with Crippen LogP contribution in [0.2, 0.25) is 0 Å². The minimum absolute atomic E-state index is 0.0380. The Morgan fingerprint density at radius 2 is 1.57 bits per heavy atom. The molecular weight excluding hydrogens is 444 g/mol. The fourth-order valence-corrected chi connectivity index (χ4v) is 5.29. The summed E-state index contributed by atoms with van der Waals surface area (Å²) < 4.78 is 5.64. The molecule has 7 heteroatoms. The lowest BCUT2D eigenvalue weighted by Crippen LogP contribution is -2.49. The van der Waals surface area contributed by atoms with Gasteiger partial charge in [-0.3, -0.25) is 9.59 Å². The number of rotatable bonds is 8. The van der Waals surface area contributed by atoms with E-state index >= 15 is 0 Å². The first-order valence-electron chi connectivity index (χ1n) is 12.1. The lowest BCUT2D eigenvalue weighted by molar-refractivity contribution is -0.140. The predicted molar refractivity (Wildman–Crippen MR) is 133 cm³/mol. The minimum Gasteiger partial charge on any atom is -0.481 e. The van der Waals surface area contributed by atoms with Crippen LogP contribution in [0.25, 0.3) is 11.1 Å². The molecule has 0 spiro atoms. The SMILES string of the molecule is CC(C)C(C(=O)NC1C=CC(C(=O)O)C1)C(C)NC(=O)OCC1c2ccccc2-c2ccccc21. The first-order valence-corrected chi connectivity index (χ1v) is 12.1. The number of hydrogen-bond acceptors (Lipinski definition) is 4. The van der Waals surface area contributed by atoms with Crippen LogP contribution in [0.15, 0.2) is 60.7 Å². The lowest BCUT2D eigenvalue weighted by Gasteiger charge is -2.28. The summed E-state index contributed by atoms with van der Waals surface area (Å²) in [5, 5.41) is 14.9. The Bertz CT molecular complexity index is 1100. The molecule has 2 aromatic carbocycles. The van der Waals surface area contributed by atoms with Gasteiger partial charge in [-0.1, -0.05) is 74.5 Å². The standard InChI is InChI=1S/C28H32N2O5/c1-16(2)25(26(31)30-19-13-12-18(14-19)27(32)33)17(3)29-28(34)35-15-24-22-10-6-4-8-20(22)21-9-5-7-11-23(21)24/h4-13,16-19,24-25H,14-15H2,1-3H3,(H,29,34)(H,30,31)(H,32,33). The van der Waals surface area contributed by atoms with E-state index in [1.807, 2.05) is 38.1 Å². The van der Waals surface area contributed by atoms with Crippen molar-refractivity contribution in [3.05, 3.63) is 71.8 Å². The summed E-state index contributed by atoms with van der Waals surface area (Å²) >= 11 is 0. The smallest absolute Gasteiger partial charge is 0.407 e. The van der Waals surface area contributed by atoms with Gasteiger partial charge in [0.2, 0.25) is 5.91 Å². The first-order chi connectivity index (χ1) is 16.8. The highest BCUT2D eigenvalue weighted by molar-refractivity contribution is 5.82. The molecule has 2 amide bonds. The Morgan fingerprint density at radius 1 is 0.971 bits per heavy atom. The van der Waals surface area contributed by atoms with Crippen LogP contribution in [0.3, 0.4) is 0 Å². The number of benzene rings is 2. The van der Waals surface area contributed by atoms with Gasteiger partial charge in [-0.15, -0.1) is 0 Å². The number of alkyl carbamates (subject to hydrolysis) is 1. The number of hydrogen-bond donors (Lipinski definition) is 3. The van der Waals surface area contributed by atoms with Crippen molar-refractivity contribution in [1.82, 2.24) is 10.6 Å². The van der Waals surface area contributed by atoms with Crippen LogP contribution in [0, 0.1) is 17.8 Å². The zero-order chi connectivity index (χ0) is 25.1. The van der Waals surface area contributed by atoms with E-state index in [4.69, 9.17) is 9.84 Å². The number of nitrogens with one attached hydrogen (secondary N) is 2. The number of amides is 2. The molecule has 0 bridgehead atoms. The lowest BCUT2D eigenvalue weighted by atomic mass is 9.88. The van der Waals surface area contributed by atoms with Crippen molar-refractivity contribution in [2.45, 2.75) is 45.2 Å². The van der Waals surface area contributed by atoms with E-state index in [2.05, 4.69) is 34.9 Å². The van der Waals surface area contributed by atoms with Crippen molar-refractivity contribution in [3.63, 3.8) is 0 Å². The third kappa shape index (κ3) is 5.24. The second kappa shape index (κ2) is 10.3. The van der Waals surface area contributed by atoms with Crippen LogP contribution >= 0.6 is 0 Å². The minimum atomic E-state index is -0.899. The highest BCUT2D eigenvalue weighted by Crippen LogP contribution is 2.44. The van der Waals surface area contributed by atoms with Crippen molar-refractivity contribution >= 4 is 18.0 Å². The largest absolute Gasteiger partial charge is 0.481 e. The zero-order valence-electron chi connectivity index (χ0n) is 20.2. The van der Waals surface area contributed by atoms with Gasteiger partial charge in [0.25, 0.3) is 0 Å². The van der Waals surface area contributed by atoms with Gasteiger partial charge in [-0.2, -0.15) is 0 Å². The normalized spacial score (nSPS) is 20.1. The Morgan fingerprint density at radius 3 is 2.11 bits per heavy atom. The molecule has 2 aliphatic rings. The molecular formula is C28H32N2O5. The number of carbonyl (C=O) groups excluding carboxylic acids is 2. The first kappa shape index (κ1) is 24.5. The second-order valence-electron chi connectivity index (χ2n) is 9.71. The van der Waals surface area contributed by atoms with Crippen LogP contribution in [0.4, 0.5) is 4.79 Å². The molecule has 0 heterocycles.